The van der Waals surface area contributed by atoms with Gasteiger partial charge in [0.2, 0.25) is 5.95 Å². The maximum absolute atomic E-state index is 14.2. The Morgan fingerprint density at radius 3 is 2.74 bits per heavy atom. The summed E-state index contributed by atoms with van der Waals surface area (Å²) in [7, 11) is 0. The number of aliphatic imine (C=N–C) groups is 1. The molecule has 2 atom stereocenters. The number of anilines is 2. The average Bonchev–Trinajstić information content (AvgIpc) is 2.93. The summed E-state index contributed by atoms with van der Waals surface area (Å²) in [5, 5.41) is 2.81. The van der Waals surface area contributed by atoms with Crippen molar-refractivity contribution >= 4 is 23.4 Å². The Labute approximate surface area is 224 Å². The fraction of sp³-hybridized carbons (Fsp3) is 0.357. The van der Waals surface area contributed by atoms with E-state index in [0.717, 1.165) is 18.5 Å². The summed E-state index contributed by atoms with van der Waals surface area (Å²) in [6, 6.07) is 14.9. The molecule has 11 heteroatoms. The summed E-state index contributed by atoms with van der Waals surface area (Å²) in [6.07, 6.45) is -0.575. The summed E-state index contributed by atoms with van der Waals surface area (Å²) in [4.78, 5) is 25.7. The van der Waals surface area contributed by atoms with Gasteiger partial charge in [-0.3, -0.25) is 9.79 Å². The molecule has 1 aliphatic rings. The topological polar surface area (TPSA) is 112 Å². The summed E-state index contributed by atoms with van der Waals surface area (Å²) < 4.78 is 51.6. The largest absolute Gasteiger partial charge is 0.493 e. The van der Waals surface area contributed by atoms with Crippen molar-refractivity contribution in [2.75, 3.05) is 24.2 Å². The maximum Gasteiger partial charge on any atom is 0.272 e. The van der Waals surface area contributed by atoms with E-state index in [2.05, 4.69) is 20.3 Å². The molecule has 0 radical (unpaired) electrons. The lowest BCUT2D eigenvalue weighted by Gasteiger charge is -2.23. The van der Waals surface area contributed by atoms with Gasteiger partial charge < -0.3 is 20.5 Å². The average molecular weight is 542 g/mol. The number of amides is 1. The van der Waals surface area contributed by atoms with Gasteiger partial charge in [-0.05, 0) is 55.7 Å². The van der Waals surface area contributed by atoms with Crippen LogP contribution in [0.4, 0.5) is 24.8 Å². The lowest BCUT2D eigenvalue weighted by Crippen LogP contribution is -2.33. The van der Waals surface area contributed by atoms with Crippen LogP contribution in [0.3, 0.4) is 0 Å². The van der Waals surface area contributed by atoms with Crippen molar-refractivity contribution in [2.24, 2.45) is 4.99 Å². The number of hydrogen-bond donors (Lipinski definition) is 2. The molecule has 39 heavy (non-hydrogen) atoms. The Morgan fingerprint density at radius 1 is 1.18 bits per heavy atom. The fourth-order valence-corrected chi connectivity index (χ4v) is 4.15. The van der Waals surface area contributed by atoms with Gasteiger partial charge >= 0.3 is 0 Å². The molecule has 0 spiro atoms. The maximum atomic E-state index is 14.2. The van der Waals surface area contributed by atoms with E-state index in [9.17, 15) is 18.0 Å². The first-order valence-corrected chi connectivity index (χ1v) is 12.7. The number of ether oxygens (including phenoxy) is 2. The van der Waals surface area contributed by atoms with Gasteiger partial charge in [0.1, 0.15) is 11.5 Å². The Bertz CT molecular complexity index is 1320. The number of carbonyl (C=O) groups excluding carboxylic acids is 1. The van der Waals surface area contributed by atoms with Gasteiger partial charge in [0.15, 0.2) is 11.6 Å². The van der Waals surface area contributed by atoms with Crippen molar-refractivity contribution in [1.29, 1.82) is 0 Å². The van der Waals surface area contributed by atoms with Gasteiger partial charge in [-0.25, -0.2) is 23.1 Å². The summed E-state index contributed by atoms with van der Waals surface area (Å²) in [6.45, 7) is 1.76. The molecule has 4 rings (SSSR count). The number of halogens is 3. The van der Waals surface area contributed by atoms with E-state index in [1.165, 1.54) is 13.0 Å². The van der Waals surface area contributed by atoms with Crippen molar-refractivity contribution < 1.29 is 27.4 Å². The third-order valence-electron chi connectivity index (χ3n) is 6.45. The fourth-order valence-electron chi connectivity index (χ4n) is 4.15. The molecule has 3 aromatic rings. The molecule has 206 valence electrons. The number of rotatable bonds is 10. The minimum atomic E-state index is -3.09. The van der Waals surface area contributed by atoms with E-state index in [4.69, 9.17) is 15.2 Å². The zero-order valence-electron chi connectivity index (χ0n) is 21.4. The van der Waals surface area contributed by atoms with Gasteiger partial charge in [0.25, 0.3) is 12.3 Å². The van der Waals surface area contributed by atoms with Crippen LogP contribution in [0.15, 0.2) is 65.8 Å². The molecule has 2 heterocycles. The molecule has 2 unspecified atom stereocenters. The summed E-state index contributed by atoms with van der Waals surface area (Å²) in [5.74, 6) is 0.885. The standard InChI is InChI=1S/C28H30F3N5O3/c1-2-28(31,26(29)30)12-15-38-20-8-3-6-18(16-20)24(37)35-19-7-4-9-21(17-19)39-25-22(10-5-13-33-25)23-11-14-34-27(32)36-23/h3-4,6-9,11,14,16-17,22,26H,2,5,10,12-13,15H2,1H3,(H,35,37)(H2,32,34,36). The summed E-state index contributed by atoms with van der Waals surface area (Å²) >= 11 is 0. The highest BCUT2D eigenvalue weighted by Crippen LogP contribution is 2.30. The molecule has 0 fully saturated rings. The molecule has 0 saturated heterocycles. The molecule has 2 aromatic carbocycles. The number of nitrogens with two attached hydrogens (primary N) is 1. The molecule has 0 aliphatic carbocycles. The predicted molar refractivity (Wildman–Crippen MR) is 142 cm³/mol. The van der Waals surface area contributed by atoms with Crippen LogP contribution >= 0.6 is 0 Å². The third-order valence-corrected chi connectivity index (χ3v) is 6.45. The Balaban J connectivity index is 1.39. The number of hydrogen-bond acceptors (Lipinski definition) is 7. The quantitative estimate of drug-likeness (QED) is 0.335. The van der Waals surface area contributed by atoms with Gasteiger partial charge in [-0.2, -0.15) is 0 Å². The van der Waals surface area contributed by atoms with Crippen LogP contribution in [0, 0.1) is 0 Å². The predicted octanol–water partition coefficient (Wildman–Crippen LogP) is 5.82. The van der Waals surface area contributed by atoms with Gasteiger partial charge in [0.05, 0.1) is 18.2 Å². The monoisotopic (exact) mass is 541 g/mol. The number of aromatic nitrogens is 2. The van der Waals surface area contributed by atoms with Crippen molar-refractivity contribution in [3.63, 3.8) is 0 Å². The van der Waals surface area contributed by atoms with E-state index < -0.39 is 24.4 Å². The zero-order valence-corrected chi connectivity index (χ0v) is 21.4. The highest BCUT2D eigenvalue weighted by atomic mass is 19.3. The van der Waals surface area contributed by atoms with Crippen molar-refractivity contribution in [2.45, 2.75) is 50.6 Å². The van der Waals surface area contributed by atoms with E-state index in [-0.39, 0.29) is 36.2 Å². The van der Waals surface area contributed by atoms with Crippen LogP contribution in [0.2, 0.25) is 0 Å². The van der Waals surface area contributed by atoms with Crippen LogP contribution < -0.4 is 20.5 Å². The number of nitrogens with one attached hydrogen (secondary N) is 1. The van der Waals surface area contributed by atoms with Crippen LogP contribution in [-0.4, -0.2) is 47.0 Å². The molecule has 0 bridgehead atoms. The van der Waals surface area contributed by atoms with Crippen molar-refractivity contribution in [1.82, 2.24) is 9.97 Å². The number of nitrogen functional groups attached to an aromatic ring is 1. The van der Waals surface area contributed by atoms with Crippen LogP contribution in [0.1, 0.15) is 54.6 Å². The van der Waals surface area contributed by atoms with E-state index in [0.29, 0.717) is 23.9 Å². The van der Waals surface area contributed by atoms with Gasteiger partial charge in [-0.1, -0.05) is 19.1 Å². The SMILES string of the molecule is CCC(F)(CCOc1cccc(C(=O)Nc2cccc(OC3=NCCCC3c3ccnc(N)n3)c2)c1)C(F)F. The molecular weight excluding hydrogens is 511 g/mol. The second-order valence-corrected chi connectivity index (χ2v) is 9.15. The van der Waals surface area contributed by atoms with E-state index in [1.54, 1.807) is 54.7 Å². The van der Waals surface area contributed by atoms with E-state index >= 15 is 0 Å². The molecule has 0 saturated carbocycles. The van der Waals surface area contributed by atoms with Gasteiger partial charge in [-0.15, -0.1) is 0 Å². The van der Waals surface area contributed by atoms with Crippen LogP contribution in [0.5, 0.6) is 11.5 Å². The minimum absolute atomic E-state index is 0.161. The summed E-state index contributed by atoms with van der Waals surface area (Å²) in [5.41, 5.74) is 4.65. The Hall–Kier alpha value is -4.15. The van der Waals surface area contributed by atoms with Crippen LogP contribution in [0.25, 0.3) is 0 Å². The molecule has 1 amide bonds. The minimum Gasteiger partial charge on any atom is -0.493 e. The van der Waals surface area contributed by atoms with Crippen molar-refractivity contribution in [3.05, 3.63) is 72.1 Å². The number of benzene rings is 2. The molecular formula is C28H30F3N5O3. The van der Waals surface area contributed by atoms with Crippen molar-refractivity contribution in [3.8, 4) is 11.5 Å². The first-order valence-electron chi connectivity index (χ1n) is 12.7. The first kappa shape index (κ1) is 27.9. The van der Waals surface area contributed by atoms with Crippen LogP contribution in [-0.2, 0) is 0 Å². The first-order chi connectivity index (χ1) is 18.8. The second kappa shape index (κ2) is 12.6. The van der Waals surface area contributed by atoms with Gasteiger partial charge in [0, 0.05) is 36.5 Å². The number of nitrogens with zero attached hydrogens (tertiary/aromatic N) is 3. The lowest BCUT2D eigenvalue weighted by atomic mass is 9.96. The third kappa shape index (κ3) is 7.24. The Kier molecular flexibility index (Phi) is 9.00. The lowest BCUT2D eigenvalue weighted by molar-refractivity contribution is -0.0488. The number of alkyl halides is 3. The highest BCUT2D eigenvalue weighted by Gasteiger charge is 2.38. The number of carbonyl (C=O) groups is 1. The molecule has 8 nitrogen and oxygen atoms in total. The zero-order chi connectivity index (χ0) is 27.8. The Morgan fingerprint density at radius 2 is 1.97 bits per heavy atom. The second-order valence-electron chi connectivity index (χ2n) is 9.15. The highest BCUT2D eigenvalue weighted by molar-refractivity contribution is 6.04. The molecule has 1 aromatic heterocycles. The molecule has 1 aliphatic heterocycles. The smallest absolute Gasteiger partial charge is 0.272 e. The molecule has 3 N–H and O–H groups in total. The van der Waals surface area contributed by atoms with E-state index in [1.807, 2.05) is 0 Å². The normalized spacial score (nSPS) is 16.7.